The summed E-state index contributed by atoms with van der Waals surface area (Å²) < 4.78 is 0. The summed E-state index contributed by atoms with van der Waals surface area (Å²) in [6, 6.07) is 1.80. The fourth-order valence-electron chi connectivity index (χ4n) is 3.75. The molecule has 24 heavy (non-hydrogen) atoms. The maximum absolute atomic E-state index is 12.5. The molecule has 2 unspecified atom stereocenters. The van der Waals surface area contributed by atoms with Gasteiger partial charge in [0.25, 0.3) is 0 Å². The minimum atomic E-state index is -0.137. The van der Waals surface area contributed by atoms with Crippen LogP contribution in [0.5, 0.6) is 0 Å². The zero-order chi connectivity index (χ0) is 16.5. The normalized spacial score (nSPS) is 27.7. The molecule has 0 bridgehead atoms. The molecule has 7 nitrogen and oxygen atoms in total. The van der Waals surface area contributed by atoms with E-state index < -0.39 is 0 Å². The van der Waals surface area contributed by atoms with E-state index in [2.05, 4.69) is 19.8 Å². The van der Waals surface area contributed by atoms with Crippen molar-refractivity contribution in [3.63, 3.8) is 0 Å². The molecule has 1 aromatic heterocycles. The van der Waals surface area contributed by atoms with Crippen molar-refractivity contribution in [1.82, 2.24) is 19.8 Å². The van der Waals surface area contributed by atoms with E-state index >= 15 is 0 Å². The van der Waals surface area contributed by atoms with Gasteiger partial charge in [-0.3, -0.25) is 19.4 Å². The Bertz CT molecular complexity index is 628. The standard InChI is InChI=1S/C17H21N5O2/c23-15-13-4-1-2-5-14(13)16(24)22(15)12-20-8-10-21(11-9-20)17-18-6-3-7-19-17/h1-3,6-7,13-14H,4-5,8-12H2. The molecule has 3 heterocycles. The highest BCUT2D eigenvalue weighted by molar-refractivity contribution is 6.05. The van der Waals surface area contributed by atoms with Gasteiger partial charge in [-0.15, -0.1) is 0 Å². The number of imide groups is 1. The molecule has 1 aliphatic carbocycles. The first-order valence-electron chi connectivity index (χ1n) is 8.48. The van der Waals surface area contributed by atoms with E-state index in [0.717, 1.165) is 32.1 Å². The zero-order valence-corrected chi connectivity index (χ0v) is 13.5. The lowest BCUT2D eigenvalue weighted by Gasteiger charge is -2.36. The minimum Gasteiger partial charge on any atom is -0.338 e. The largest absolute Gasteiger partial charge is 0.338 e. The number of carbonyl (C=O) groups excluding carboxylic acids is 2. The Kier molecular flexibility index (Phi) is 4.02. The van der Waals surface area contributed by atoms with Gasteiger partial charge in [0.1, 0.15) is 0 Å². The summed E-state index contributed by atoms with van der Waals surface area (Å²) in [5.41, 5.74) is 0. The van der Waals surface area contributed by atoms with Crippen LogP contribution in [0.3, 0.4) is 0 Å². The Morgan fingerprint density at radius 2 is 1.50 bits per heavy atom. The van der Waals surface area contributed by atoms with Gasteiger partial charge in [-0.05, 0) is 18.9 Å². The summed E-state index contributed by atoms with van der Waals surface area (Å²) in [5, 5.41) is 0. The highest BCUT2D eigenvalue weighted by atomic mass is 16.2. The monoisotopic (exact) mass is 327 g/mol. The Hall–Kier alpha value is -2.28. The predicted octanol–water partition coefficient (Wildman–Crippen LogP) is 0.507. The summed E-state index contributed by atoms with van der Waals surface area (Å²) >= 11 is 0. The summed E-state index contributed by atoms with van der Waals surface area (Å²) in [7, 11) is 0. The second-order valence-electron chi connectivity index (χ2n) is 6.56. The summed E-state index contributed by atoms with van der Waals surface area (Å²) in [6.45, 7) is 3.60. The minimum absolute atomic E-state index is 0.00294. The van der Waals surface area contributed by atoms with Crippen LogP contribution in [-0.4, -0.2) is 64.4 Å². The highest BCUT2D eigenvalue weighted by Crippen LogP contribution is 2.35. The molecule has 4 rings (SSSR count). The predicted molar refractivity (Wildman–Crippen MR) is 87.9 cm³/mol. The van der Waals surface area contributed by atoms with Crippen LogP contribution >= 0.6 is 0 Å². The Labute approximate surface area is 141 Å². The third-order valence-corrected chi connectivity index (χ3v) is 5.15. The van der Waals surface area contributed by atoms with Crippen molar-refractivity contribution in [2.24, 2.45) is 11.8 Å². The number of aromatic nitrogens is 2. The number of hydrogen-bond acceptors (Lipinski definition) is 6. The average molecular weight is 327 g/mol. The maximum atomic E-state index is 12.5. The fraction of sp³-hybridized carbons (Fsp3) is 0.529. The number of carbonyl (C=O) groups is 2. The molecule has 126 valence electrons. The Morgan fingerprint density at radius 1 is 0.917 bits per heavy atom. The molecule has 2 amide bonds. The molecule has 0 N–H and O–H groups in total. The van der Waals surface area contributed by atoms with Crippen molar-refractivity contribution >= 4 is 17.8 Å². The van der Waals surface area contributed by atoms with Crippen LogP contribution in [-0.2, 0) is 9.59 Å². The van der Waals surface area contributed by atoms with Gasteiger partial charge in [-0.2, -0.15) is 0 Å². The lowest BCUT2D eigenvalue weighted by atomic mass is 9.85. The van der Waals surface area contributed by atoms with Crippen molar-refractivity contribution in [1.29, 1.82) is 0 Å². The van der Waals surface area contributed by atoms with Crippen molar-refractivity contribution in [3.05, 3.63) is 30.6 Å². The van der Waals surface area contributed by atoms with Crippen molar-refractivity contribution in [2.75, 3.05) is 37.7 Å². The van der Waals surface area contributed by atoms with Crippen molar-refractivity contribution in [3.8, 4) is 0 Å². The number of nitrogens with zero attached hydrogens (tertiary/aromatic N) is 5. The zero-order valence-electron chi connectivity index (χ0n) is 13.5. The molecule has 0 radical (unpaired) electrons. The van der Waals surface area contributed by atoms with Crippen molar-refractivity contribution in [2.45, 2.75) is 12.8 Å². The summed E-state index contributed by atoms with van der Waals surface area (Å²) in [6.07, 6.45) is 8.93. The van der Waals surface area contributed by atoms with Crippen LogP contribution in [0.1, 0.15) is 12.8 Å². The maximum Gasteiger partial charge on any atom is 0.234 e. The highest BCUT2D eigenvalue weighted by Gasteiger charge is 2.47. The number of fused-ring (bicyclic) bond motifs is 1. The molecule has 2 aliphatic heterocycles. The van der Waals surface area contributed by atoms with E-state index in [1.807, 2.05) is 12.2 Å². The number of amides is 2. The first kappa shape index (κ1) is 15.3. The summed E-state index contributed by atoms with van der Waals surface area (Å²) in [4.78, 5) is 39.4. The number of rotatable bonds is 3. The van der Waals surface area contributed by atoms with Gasteiger partial charge in [0.2, 0.25) is 17.8 Å². The molecule has 3 aliphatic rings. The topological polar surface area (TPSA) is 69.6 Å². The van der Waals surface area contributed by atoms with Gasteiger partial charge in [0.05, 0.1) is 18.5 Å². The van der Waals surface area contributed by atoms with Crippen LogP contribution < -0.4 is 4.90 Å². The number of likely N-dealkylation sites (tertiary alicyclic amines) is 1. The van der Waals surface area contributed by atoms with Crippen LogP contribution in [0, 0.1) is 11.8 Å². The Morgan fingerprint density at radius 3 is 2.08 bits per heavy atom. The third-order valence-electron chi connectivity index (χ3n) is 5.15. The van der Waals surface area contributed by atoms with Crippen LogP contribution in [0.25, 0.3) is 0 Å². The molecule has 7 heteroatoms. The molecule has 0 aromatic carbocycles. The Balaban J connectivity index is 1.36. The van der Waals surface area contributed by atoms with E-state index in [9.17, 15) is 9.59 Å². The molecule has 0 spiro atoms. The first-order chi connectivity index (χ1) is 11.7. The molecule has 2 atom stereocenters. The van der Waals surface area contributed by atoms with Gasteiger partial charge in [0, 0.05) is 38.6 Å². The average Bonchev–Trinajstić information content (AvgIpc) is 2.88. The quantitative estimate of drug-likeness (QED) is 0.595. The van der Waals surface area contributed by atoms with Crippen LogP contribution in [0.2, 0.25) is 0 Å². The number of allylic oxidation sites excluding steroid dienone is 2. The fourth-order valence-corrected chi connectivity index (χ4v) is 3.75. The van der Waals surface area contributed by atoms with E-state index in [-0.39, 0.29) is 23.7 Å². The van der Waals surface area contributed by atoms with Gasteiger partial charge < -0.3 is 4.90 Å². The molecular weight excluding hydrogens is 306 g/mol. The van der Waals surface area contributed by atoms with E-state index in [1.165, 1.54) is 4.90 Å². The second kappa shape index (κ2) is 6.32. The third kappa shape index (κ3) is 2.69. The van der Waals surface area contributed by atoms with Crippen molar-refractivity contribution < 1.29 is 9.59 Å². The van der Waals surface area contributed by atoms with Gasteiger partial charge in [0.15, 0.2) is 0 Å². The lowest BCUT2D eigenvalue weighted by Crippen LogP contribution is -2.51. The van der Waals surface area contributed by atoms with Gasteiger partial charge in [-0.25, -0.2) is 9.97 Å². The SMILES string of the molecule is O=C1C2CC=CCC2C(=O)N1CN1CCN(c2ncccn2)CC1. The van der Waals surface area contributed by atoms with E-state index in [0.29, 0.717) is 19.5 Å². The summed E-state index contributed by atoms with van der Waals surface area (Å²) in [5.74, 6) is 0.469. The number of piperazine rings is 1. The van der Waals surface area contributed by atoms with E-state index in [1.54, 1.807) is 18.5 Å². The van der Waals surface area contributed by atoms with Crippen LogP contribution in [0.4, 0.5) is 5.95 Å². The van der Waals surface area contributed by atoms with Gasteiger partial charge in [-0.1, -0.05) is 12.2 Å². The molecule has 1 aromatic rings. The van der Waals surface area contributed by atoms with Gasteiger partial charge >= 0.3 is 0 Å². The smallest absolute Gasteiger partial charge is 0.234 e. The molecule has 2 fully saturated rings. The first-order valence-corrected chi connectivity index (χ1v) is 8.48. The lowest BCUT2D eigenvalue weighted by molar-refractivity contribution is -0.142. The molecular formula is C17H21N5O2. The number of hydrogen-bond donors (Lipinski definition) is 0. The number of anilines is 1. The molecule has 0 saturated carbocycles. The van der Waals surface area contributed by atoms with E-state index in [4.69, 9.17) is 0 Å². The van der Waals surface area contributed by atoms with Crippen LogP contribution in [0.15, 0.2) is 30.6 Å². The molecule has 2 saturated heterocycles. The second-order valence-corrected chi connectivity index (χ2v) is 6.56.